The second-order valence-electron chi connectivity index (χ2n) is 4.06. The average molecular weight is 228 g/mol. The Hall–Kier alpha value is -2.03. The van der Waals surface area contributed by atoms with E-state index in [1.807, 2.05) is 31.2 Å². The summed E-state index contributed by atoms with van der Waals surface area (Å²) in [7, 11) is 1.67. The summed E-state index contributed by atoms with van der Waals surface area (Å²) in [5, 5.41) is 5.48. The fourth-order valence-electron chi connectivity index (χ4n) is 1.66. The largest absolute Gasteiger partial charge is 0.497 e. The van der Waals surface area contributed by atoms with Gasteiger partial charge in [-0.1, -0.05) is 12.2 Å². The van der Waals surface area contributed by atoms with Crippen molar-refractivity contribution in [2.45, 2.75) is 6.92 Å². The van der Waals surface area contributed by atoms with E-state index >= 15 is 0 Å². The molecule has 0 aliphatic rings. The summed E-state index contributed by atoms with van der Waals surface area (Å²) in [5.74, 6) is 1.74. The van der Waals surface area contributed by atoms with Crippen molar-refractivity contribution in [2.24, 2.45) is 0 Å². The number of anilines is 1. The van der Waals surface area contributed by atoms with Gasteiger partial charge in [-0.2, -0.15) is 0 Å². The molecule has 0 unspecified atom stereocenters. The van der Waals surface area contributed by atoms with Crippen molar-refractivity contribution in [3.05, 3.63) is 42.6 Å². The maximum Gasteiger partial charge on any atom is 0.134 e. The molecule has 3 heteroatoms. The van der Waals surface area contributed by atoms with Gasteiger partial charge in [0.05, 0.1) is 7.11 Å². The fraction of sp³-hybridized carbons (Fsp3) is 0.214. The minimum Gasteiger partial charge on any atom is -0.497 e. The summed E-state index contributed by atoms with van der Waals surface area (Å²) >= 11 is 0. The normalized spacial score (nSPS) is 10.2. The van der Waals surface area contributed by atoms with E-state index in [0.717, 1.165) is 34.5 Å². The van der Waals surface area contributed by atoms with Crippen molar-refractivity contribution >= 4 is 16.6 Å². The lowest BCUT2D eigenvalue weighted by Crippen LogP contribution is -2.04. The van der Waals surface area contributed by atoms with Gasteiger partial charge in [0.2, 0.25) is 0 Å². The van der Waals surface area contributed by atoms with Crippen LogP contribution in [0.1, 0.15) is 6.92 Å². The van der Waals surface area contributed by atoms with Crippen molar-refractivity contribution in [3.8, 4) is 5.75 Å². The third-order valence-corrected chi connectivity index (χ3v) is 2.53. The maximum absolute atomic E-state index is 5.21. The number of fused-ring (bicyclic) bond motifs is 1. The minimum absolute atomic E-state index is 0.734. The van der Waals surface area contributed by atoms with Crippen LogP contribution in [0.15, 0.2) is 42.6 Å². The van der Waals surface area contributed by atoms with Crippen LogP contribution in [0.25, 0.3) is 10.8 Å². The van der Waals surface area contributed by atoms with Gasteiger partial charge in [0.15, 0.2) is 0 Å². The smallest absolute Gasteiger partial charge is 0.134 e. The molecule has 0 saturated carbocycles. The second-order valence-corrected chi connectivity index (χ2v) is 4.06. The zero-order valence-corrected chi connectivity index (χ0v) is 10.2. The summed E-state index contributed by atoms with van der Waals surface area (Å²) < 4.78 is 5.21. The molecule has 0 bridgehead atoms. The molecule has 0 spiro atoms. The molecule has 0 radical (unpaired) electrons. The first-order chi connectivity index (χ1) is 8.20. The number of benzene rings is 1. The Balaban J connectivity index is 2.39. The molecule has 1 N–H and O–H groups in total. The molecule has 2 aromatic rings. The minimum atomic E-state index is 0.734. The van der Waals surface area contributed by atoms with E-state index in [2.05, 4.69) is 16.9 Å². The van der Waals surface area contributed by atoms with E-state index in [1.54, 1.807) is 13.3 Å². The average Bonchev–Trinajstić information content (AvgIpc) is 2.35. The first kappa shape index (κ1) is 11.5. The summed E-state index contributed by atoms with van der Waals surface area (Å²) in [6.45, 7) is 6.59. The van der Waals surface area contributed by atoms with Gasteiger partial charge in [-0.15, -0.1) is 0 Å². The van der Waals surface area contributed by atoms with Crippen molar-refractivity contribution in [3.63, 3.8) is 0 Å². The molecule has 0 atom stereocenters. The van der Waals surface area contributed by atoms with Gasteiger partial charge in [0, 0.05) is 18.1 Å². The van der Waals surface area contributed by atoms with E-state index in [4.69, 9.17) is 4.74 Å². The quantitative estimate of drug-likeness (QED) is 0.816. The number of methoxy groups -OCH3 is 1. The predicted octanol–water partition coefficient (Wildman–Crippen LogP) is 3.23. The highest BCUT2D eigenvalue weighted by Crippen LogP contribution is 2.25. The molecule has 2 rings (SSSR count). The lowest BCUT2D eigenvalue weighted by molar-refractivity contribution is 0.415. The summed E-state index contributed by atoms with van der Waals surface area (Å²) in [6, 6.07) is 7.94. The van der Waals surface area contributed by atoms with Crippen LogP contribution in [0, 0.1) is 0 Å². The molecule has 0 fully saturated rings. The number of nitrogens with one attached hydrogen (secondary N) is 1. The molecule has 88 valence electrons. The van der Waals surface area contributed by atoms with Crippen LogP contribution in [0.3, 0.4) is 0 Å². The molecule has 0 saturated heterocycles. The van der Waals surface area contributed by atoms with Crippen LogP contribution in [0.5, 0.6) is 5.75 Å². The molecule has 1 aromatic heterocycles. The zero-order chi connectivity index (χ0) is 12.3. The van der Waals surface area contributed by atoms with Gasteiger partial charge in [0.1, 0.15) is 11.6 Å². The van der Waals surface area contributed by atoms with Gasteiger partial charge < -0.3 is 10.1 Å². The Morgan fingerprint density at radius 3 is 2.94 bits per heavy atom. The van der Waals surface area contributed by atoms with Gasteiger partial charge in [-0.05, 0) is 36.6 Å². The Bertz CT molecular complexity index is 549. The highest BCUT2D eigenvalue weighted by molar-refractivity contribution is 5.92. The Morgan fingerprint density at radius 2 is 2.24 bits per heavy atom. The van der Waals surface area contributed by atoms with E-state index in [0.29, 0.717) is 0 Å². The molecular weight excluding hydrogens is 212 g/mol. The van der Waals surface area contributed by atoms with Crippen molar-refractivity contribution in [1.82, 2.24) is 4.98 Å². The summed E-state index contributed by atoms with van der Waals surface area (Å²) in [4.78, 5) is 4.34. The highest BCUT2D eigenvalue weighted by atomic mass is 16.5. The van der Waals surface area contributed by atoms with E-state index in [9.17, 15) is 0 Å². The monoisotopic (exact) mass is 228 g/mol. The zero-order valence-electron chi connectivity index (χ0n) is 10.2. The SMILES string of the molecule is C=C(C)CNc1nccc2cc(OC)ccc12. The molecule has 3 nitrogen and oxygen atoms in total. The topological polar surface area (TPSA) is 34.2 Å². The van der Waals surface area contributed by atoms with Gasteiger partial charge in [-0.25, -0.2) is 4.98 Å². The van der Waals surface area contributed by atoms with Crippen LogP contribution >= 0.6 is 0 Å². The Morgan fingerprint density at radius 1 is 1.41 bits per heavy atom. The van der Waals surface area contributed by atoms with E-state index in [1.165, 1.54) is 0 Å². The van der Waals surface area contributed by atoms with Crippen LogP contribution in [0.2, 0.25) is 0 Å². The van der Waals surface area contributed by atoms with Crippen LogP contribution < -0.4 is 10.1 Å². The van der Waals surface area contributed by atoms with Gasteiger partial charge in [-0.3, -0.25) is 0 Å². The Labute approximate surface area is 101 Å². The van der Waals surface area contributed by atoms with Gasteiger partial charge >= 0.3 is 0 Å². The molecule has 1 aromatic carbocycles. The fourth-order valence-corrected chi connectivity index (χ4v) is 1.66. The summed E-state index contributed by atoms with van der Waals surface area (Å²) in [5.41, 5.74) is 1.08. The molecular formula is C14H16N2O. The van der Waals surface area contributed by atoms with E-state index in [-0.39, 0.29) is 0 Å². The van der Waals surface area contributed by atoms with Gasteiger partial charge in [0.25, 0.3) is 0 Å². The molecule has 1 heterocycles. The van der Waals surface area contributed by atoms with Crippen LogP contribution in [-0.4, -0.2) is 18.6 Å². The number of nitrogens with zero attached hydrogens (tertiary/aromatic N) is 1. The molecule has 0 aliphatic carbocycles. The lowest BCUT2D eigenvalue weighted by atomic mass is 10.1. The molecule has 0 amide bonds. The lowest BCUT2D eigenvalue weighted by Gasteiger charge is -2.09. The number of rotatable bonds is 4. The van der Waals surface area contributed by atoms with Crippen LogP contribution in [-0.2, 0) is 0 Å². The predicted molar refractivity (Wildman–Crippen MR) is 71.6 cm³/mol. The number of aromatic nitrogens is 1. The first-order valence-electron chi connectivity index (χ1n) is 5.51. The summed E-state index contributed by atoms with van der Waals surface area (Å²) in [6.07, 6.45) is 1.79. The first-order valence-corrected chi connectivity index (χ1v) is 5.51. The van der Waals surface area contributed by atoms with Crippen molar-refractivity contribution < 1.29 is 4.74 Å². The third-order valence-electron chi connectivity index (χ3n) is 2.53. The number of hydrogen-bond donors (Lipinski definition) is 1. The maximum atomic E-state index is 5.21. The number of hydrogen-bond acceptors (Lipinski definition) is 3. The second kappa shape index (κ2) is 4.87. The standard InChI is InChI=1S/C14H16N2O/c1-10(2)9-16-14-13-5-4-12(17-3)8-11(13)6-7-15-14/h4-8H,1,9H2,2-3H3,(H,15,16). The third kappa shape index (κ3) is 2.56. The highest BCUT2D eigenvalue weighted by Gasteiger charge is 2.02. The molecule has 17 heavy (non-hydrogen) atoms. The van der Waals surface area contributed by atoms with Crippen molar-refractivity contribution in [1.29, 1.82) is 0 Å². The number of pyridine rings is 1. The van der Waals surface area contributed by atoms with E-state index < -0.39 is 0 Å². The van der Waals surface area contributed by atoms with Crippen molar-refractivity contribution in [2.75, 3.05) is 19.0 Å². The Kier molecular flexibility index (Phi) is 3.28. The molecule has 0 aliphatic heterocycles. The van der Waals surface area contributed by atoms with Crippen LogP contribution in [0.4, 0.5) is 5.82 Å². The number of ether oxygens (including phenoxy) is 1.